The van der Waals surface area contributed by atoms with Gasteiger partial charge in [-0.2, -0.15) is 0 Å². The molecule has 0 saturated carbocycles. The quantitative estimate of drug-likeness (QED) is 0.428. The van der Waals surface area contributed by atoms with Gasteiger partial charge in [0.2, 0.25) is 0 Å². The Balaban J connectivity index is 0.00000289. The molecule has 0 fully saturated rings. The number of nitrogens with zero attached hydrogens (tertiary/aromatic N) is 1. The average molecular weight is 363 g/mol. The Hall–Kier alpha value is -0.980. The summed E-state index contributed by atoms with van der Waals surface area (Å²) in [6.07, 6.45) is 1.07. The summed E-state index contributed by atoms with van der Waals surface area (Å²) in [5.74, 6) is 1.12. The van der Waals surface area contributed by atoms with Crippen LogP contribution in [0.15, 0.2) is 29.3 Å². The van der Waals surface area contributed by atoms with Gasteiger partial charge in [0.1, 0.15) is 5.75 Å². The Morgan fingerprint density at radius 1 is 1.17 bits per heavy atom. The number of benzene rings is 1. The molecular formula is C13H22IN3O. The lowest BCUT2D eigenvalue weighted by Gasteiger charge is -2.10. The fraction of sp³-hybridized carbons (Fsp3) is 0.462. The van der Waals surface area contributed by atoms with Crippen molar-refractivity contribution in [1.82, 2.24) is 10.6 Å². The zero-order valence-electron chi connectivity index (χ0n) is 10.9. The van der Waals surface area contributed by atoms with Crippen molar-refractivity contribution in [3.05, 3.63) is 29.8 Å². The second kappa shape index (κ2) is 9.99. The van der Waals surface area contributed by atoms with Crippen molar-refractivity contribution in [2.45, 2.75) is 26.8 Å². The predicted octanol–water partition coefficient (Wildman–Crippen LogP) is 2.48. The summed E-state index contributed by atoms with van der Waals surface area (Å²) in [4.78, 5) is 4.46. The van der Waals surface area contributed by atoms with Crippen molar-refractivity contribution >= 4 is 29.9 Å². The largest absolute Gasteiger partial charge is 0.508 e. The summed E-state index contributed by atoms with van der Waals surface area (Å²) in [6.45, 7) is 6.55. The van der Waals surface area contributed by atoms with Gasteiger partial charge in [0.05, 0.1) is 6.54 Å². The molecule has 0 spiro atoms. The van der Waals surface area contributed by atoms with Crippen molar-refractivity contribution in [3.63, 3.8) is 0 Å². The van der Waals surface area contributed by atoms with Crippen LogP contribution in [-0.4, -0.2) is 24.2 Å². The normalized spacial score (nSPS) is 10.7. The molecule has 5 heteroatoms. The minimum Gasteiger partial charge on any atom is -0.508 e. The zero-order valence-corrected chi connectivity index (χ0v) is 13.3. The summed E-state index contributed by atoms with van der Waals surface area (Å²) < 4.78 is 0. The maximum Gasteiger partial charge on any atom is 0.191 e. The van der Waals surface area contributed by atoms with Crippen LogP contribution in [0, 0.1) is 0 Å². The lowest BCUT2D eigenvalue weighted by Crippen LogP contribution is -2.37. The van der Waals surface area contributed by atoms with Gasteiger partial charge < -0.3 is 15.7 Å². The van der Waals surface area contributed by atoms with Gasteiger partial charge in [-0.15, -0.1) is 24.0 Å². The van der Waals surface area contributed by atoms with Crippen LogP contribution < -0.4 is 10.6 Å². The molecule has 0 radical (unpaired) electrons. The second-order valence-corrected chi connectivity index (χ2v) is 3.79. The Labute approximate surface area is 126 Å². The number of guanidine groups is 1. The molecule has 0 atom stereocenters. The first-order chi connectivity index (χ1) is 8.26. The van der Waals surface area contributed by atoms with E-state index in [1.165, 1.54) is 0 Å². The van der Waals surface area contributed by atoms with Gasteiger partial charge in [-0.3, -0.25) is 0 Å². The third-order valence-corrected chi connectivity index (χ3v) is 2.24. The SMILES string of the molecule is CCCNC(=NCc1ccc(O)cc1)NCC.I. The summed E-state index contributed by atoms with van der Waals surface area (Å²) in [5, 5.41) is 15.6. The molecule has 0 amide bonds. The highest BCUT2D eigenvalue weighted by Gasteiger charge is 1.96. The van der Waals surface area contributed by atoms with Gasteiger partial charge in [0, 0.05) is 13.1 Å². The lowest BCUT2D eigenvalue weighted by molar-refractivity contribution is 0.475. The highest BCUT2D eigenvalue weighted by Crippen LogP contribution is 2.10. The van der Waals surface area contributed by atoms with Crippen molar-refractivity contribution in [2.24, 2.45) is 4.99 Å². The van der Waals surface area contributed by atoms with E-state index >= 15 is 0 Å². The van der Waals surface area contributed by atoms with E-state index in [0.29, 0.717) is 6.54 Å². The summed E-state index contributed by atoms with van der Waals surface area (Å²) in [5.41, 5.74) is 1.08. The number of aliphatic imine (C=N–C) groups is 1. The van der Waals surface area contributed by atoms with E-state index in [4.69, 9.17) is 0 Å². The Kier molecular flexibility index (Phi) is 9.45. The van der Waals surface area contributed by atoms with Gasteiger partial charge in [-0.1, -0.05) is 19.1 Å². The number of nitrogens with one attached hydrogen (secondary N) is 2. The summed E-state index contributed by atoms with van der Waals surface area (Å²) >= 11 is 0. The van der Waals surface area contributed by atoms with E-state index in [1.807, 2.05) is 19.1 Å². The number of hydrogen-bond donors (Lipinski definition) is 3. The molecule has 0 aromatic heterocycles. The van der Waals surface area contributed by atoms with Crippen LogP contribution in [0.2, 0.25) is 0 Å². The highest BCUT2D eigenvalue weighted by atomic mass is 127. The minimum atomic E-state index is 0. The van der Waals surface area contributed by atoms with Crippen LogP contribution in [0.25, 0.3) is 0 Å². The molecule has 102 valence electrons. The number of rotatable bonds is 5. The van der Waals surface area contributed by atoms with Crippen LogP contribution >= 0.6 is 24.0 Å². The number of phenols is 1. The molecule has 18 heavy (non-hydrogen) atoms. The number of phenolic OH excluding ortho intramolecular Hbond substituents is 1. The summed E-state index contributed by atoms with van der Waals surface area (Å²) in [6, 6.07) is 7.11. The lowest BCUT2D eigenvalue weighted by atomic mass is 10.2. The first-order valence-corrected chi connectivity index (χ1v) is 6.06. The van der Waals surface area contributed by atoms with Crippen LogP contribution in [0.5, 0.6) is 5.75 Å². The van der Waals surface area contributed by atoms with Gasteiger partial charge in [0.15, 0.2) is 5.96 Å². The molecule has 0 aliphatic rings. The van der Waals surface area contributed by atoms with Crippen LogP contribution in [-0.2, 0) is 6.54 Å². The van der Waals surface area contributed by atoms with E-state index in [0.717, 1.165) is 31.0 Å². The third-order valence-electron chi connectivity index (χ3n) is 2.24. The monoisotopic (exact) mass is 363 g/mol. The number of hydrogen-bond acceptors (Lipinski definition) is 2. The Morgan fingerprint density at radius 2 is 1.83 bits per heavy atom. The smallest absolute Gasteiger partial charge is 0.191 e. The molecule has 3 N–H and O–H groups in total. The van der Waals surface area contributed by atoms with Crippen molar-refractivity contribution < 1.29 is 5.11 Å². The second-order valence-electron chi connectivity index (χ2n) is 3.79. The molecule has 0 heterocycles. The first-order valence-electron chi connectivity index (χ1n) is 6.06. The Morgan fingerprint density at radius 3 is 2.39 bits per heavy atom. The van der Waals surface area contributed by atoms with Gasteiger partial charge in [-0.25, -0.2) is 4.99 Å². The maximum atomic E-state index is 9.17. The molecule has 0 aliphatic carbocycles. The molecule has 0 bridgehead atoms. The topological polar surface area (TPSA) is 56.7 Å². The van der Waals surface area contributed by atoms with E-state index in [9.17, 15) is 5.11 Å². The number of halogens is 1. The molecule has 0 aliphatic heterocycles. The van der Waals surface area contributed by atoms with E-state index in [1.54, 1.807) is 12.1 Å². The Bertz CT molecular complexity index is 352. The van der Waals surface area contributed by atoms with Crippen molar-refractivity contribution in [3.8, 4) is 5.75 Å². The fourth-order valence-electron chi connectivity index (χ4n) is 1.36. The maximum absolute atomic E-state index is 9.17. The zero-order chi connectivity index (χ0) is 12.5. The first kappa shape index (κ1) is 17.0. The van der Waals surface area contributed by atoms with Gasteiger partial charge in [-0.05, 0) is 31.0 Å². The van der Waals surface area contributed by atoms with Gasteiger partial charge in [0.25, 0.3) is 0 Å². The average Bonchev–Trinajstić information content (AvgIpc) is 2.35. The predicted molar refractivity (Wildman–Crippen MR) is 86.6 cm³/mol. The van der Waals surface area contributed by atoms with Crippen LogP contribution in [0.3, 0.4) is 0 Å². The summed E-state index contributed by atoms with van der Waals surface area (Å²) in [7, 11) is 0. The standard InChI is InChI=1S/C13H21N3O.HI/c1-3-9-15-13(14-4-2)16-10-11-5-7-12(17)8-6-11;/h5-8,17H,3-4,9-10H2,1-2H3,(H2,14,15,16);1H. The third kappa shape index (κ3) is 6.68. The number of aromatic hydroxyl groups is 1. The van der Waals surface area contributed by atoms with E-state index in [2.05, 4.69) is 22.5 Å². The van der Waals surface area contributed by atoms with Crippen LogP contribution in [0.4, 0.5) is 0 Å². The van der Waals surface area contributed by atoms with Crippen molar-refractivity contribution in [2.75, 3.05) is 13.1 Å². The highest BCUT2D eigenvalue weighted by molar-refractivity contribution is 14.0. The van der Waals surface area contributed by atoms with Gasteiger partial charge >= 0.3 is 0 Å². The molecule has 4 nitrogen and oxygen atoms in total. The van der Waals surface area contributed by atoms with Crippen molar-refractivity contribution in [1.29, 1.82) is 0 Å². The molecule has 1 aromatic carbocycles. The minimum absolute atomic E-state index is 0. The van der Waals surface area contributed by atoms with E-state index < -0.39 is 0 Å². The molecule has 1 rings (SSSR count). The fourth-order valence-corrected chi connectivity index (χ4v) is 1.36. The molecular weight excluding hydrogens is 341 g/mol. The molecule has 1 aromatic rings. The molecule has 0 saturated heterocycles. The van der Waals surface area contributed by atoms with E-state index in [-0.39, 0.29) is 29.7 Å². The molecule has 0 unspecified atom stereocenters. The van der Waals surface area contributed by atoms with Crippen LogP contribution in [0.1, 0.15) is 25.8 Å².